The summed E-state index contributed by atoms with van der Waals surface area (Å²) < 4.78 is 5.03. The third kappa shape index (κ3) is 1.62. The quantitative estimate of drug-likeness (QED) is 0.565. The van der Waals surface area contributed by atoms with E-state index in [2.05, 4.69) is 4.98 Å². The lowest BCUT2D eigenvalue weighted by atomic mass is 10.1. The molecule has 0 aliphatic carbocycles. The topological polar surface area (TPSA) is 93.0 Å². The second kappa shape index (κ2) is 3.82. The van der Waals surface area contributed by atoms with Gasteiger partial charge in [0.25, 0.3) is 5.69 Å². The van der Waals surface area contributed by atoms with Gasteiger partial charge in [0.1, 0.15) is 6.07 Å². The Kier molecular flexibility index (Phi) is 2.36. The van der Waals surface area contributed by atoms with Gasteiger partial charge in [0.05, 0.1) is 16.7 Å². The molecule has 78 valence electrons. The number of nitro groups is 1. The Balaban J connectivity index is 2.57. The first-order valence-electron chi connectivity index (χ1n) is 4.30. The van der Waals surface area contributed by atoms with Crippen molar-refractivity contribution in [2.45, 2.75) is 0 Å². The SMILES string of the molecule is N#Cc1cc([N+](=O)[O-])ccc1-c1cnco1. The maximum atomic E-state index is 10.5. The van der Waals surface area contributed by atoms with Gasteiger partial charge in [-0.25, -0.2) is 4.98 Å². The number of hydrogen-bond donors (Lipinski definition) is 0. The van der Waals surface area contributed by atoms with Crippen molar-refractivity contribution in [3.8, 4) is 17.4 Å². The molecule has 0 unspecified atom stereocenters. The van der Waals surface area contributed by atoms with Gasteiger partial charge in [0, 0.05) is 17.7 Å². The normalized spacial score (nSPS) is 9.69. The third-order valence-corrected chi connectivity index (χ3v) is 2.03. The molecule has 0 saturated heterocycles. The first-order chi connectivity index (χ1) is 7.72. The highest BCUT2D eigenvalue weighted by atomic mass is 16.6. The number of non-ortho nitro benzene ring substituents is 1. The van der Waals surface area contributed by atoms with Crippen LogP contribution in [0, 0.1) is 21.4 Å². The second-order valence-corrected chi connectivity index (χ2v) is 2.96. The molecule has 1 heterocycles. The van der Waals surface area contributed by atoms with Gasteiger partial charge in [0.2, 0.25) is 0 Å². The number of aromatic nitrogens is 1. The molecular weight excluding hydrogens is 210 g/mol. The fourth-order valence-electron chi connectivity index (χ4n) is 1.30. The molecule has 6 heteroatoms. The third-order valence-electron chi connectivity index (χ3n) is 2.03. The zero-order chi connectivity index (χ0) is 11.5. The van der Waals surface area contributed by atoms with E-state index >= 15 is 0 Å². The number of oxazole rings is 1. The van der Waals surface area contributed by atoms with Crippen molar-refractivity contribution in [3.05, 3.63) is 46.5 Å². The first kappa shape index (κ1) is 9.86. The zero-order valence-corrected chi connectivity index (χ0v) is 7.95. The number of nitriles is 1. The van der Waals surface area contributed by atoms with E-state index in [4.69, 9.17) is 9.68 Å². The van der Waals surface area contributed by atoms with Crippen molar-refractivity contribution in [1.82, 2.24) is 4.98 Å². The minimum absolute atomic E-state index is 0.125. The maximum Gasteiger partial charge on any atom is 0.270 e. The summed E-state index contributed by atoms with van der Waals surface area (Å²) >= 11 is 0. The summed E-state index contributed by atoms with van der Waals surface area (Å²) in [6, 6.07) is 5.88. The number of nitrogens with zero attached hydrogens (tertiary/aromatic N) is 3. The first-order valence-corrected chi connectivity index (χ1v) is 4.30. The highest BCUT2D eigenvalue weighted by Crippen LogP contribution is 2.26. The maximum absolute atomic E-state index is 10.5. The largest absolute Gasteiger partial charge is 0.443 e. The van der Waals surface area contributed by atoms with Crippen LogP contribution in [-0.2, 0) is 0 Å². The zero-order valence-electron chi connectivity index (χ0n) is 7.95. The van der Waals surface area contributed by atoms with E-state index in [1.165, 1.54) is 30.8 Å². The van der Waals surface area contributed by atoms with Crippen molar-refractivity contribution < 1.29 is 9.34 Å². The van der Waals surface area contributed by atoms with Crippen LogP contribution in [0.25, 0.3) is 11.3 Å². The summed E-state index contributed by atoms with van der Waals surface area (Å²) in [5, 5.41) is 19.4. The second-order valence-electron chi connectivity index (χ2n) is 2.96. The molecular formula is C10H5N3O3. The van der Waals surface area contributed by atoms with Crippen LogP contribution in [0.2, 0.25) is 0 Å². The molecule has 0 radical (unpaired) electrons. The average Bonchev–Trinajstić information content (AvgIpc) is 2.81. The van der Waals surface area contributed by atoms with E-state index in [0.29, 0.717) is 11.3 Å². The Morgan fingerprint density at radius 1 is 1.50 bits per heavy atom. The van der Waals surface area contributed by atoms with E-state index in [1.807, 2.05) is 6.07 Å². The van der Waals surface area contributed by atoms with E-state index in [9.17, 15) is 10.1 Å². The van der Waals surface area contributed by atoms with Crippen LogP contribution in [0.1, 0.15) is 5.56 Å². The summed E-state index contributed by atoms with van der Waals surface area (Å²) in [6.07, 6.45) is 2.68. The van der Waals surface area contributed by atoms with Gasteiger partial charge in [-0.3, -0.25) is 10.1 Å². The van der Waals surface area contributed by atoms with Crippen LogP contribution >= 0.6 is 0 Å². The number of nitro benzene ring substituents is 1. The molecule has 2 aromatic rings. The predicted octanol–water partition coefficient (Wildman–Crippen LogP) is 2.12. The average molecular weight is 215 g/mol. The van der Waals surface area contributed by atoms with Gasteiger partial charge in [0.15, 0.2) is 12.2 Å². The minimum Gasteiger partial charge on any atom is -0.443 e. The van der Waals surface area contributed by atoms with E-state index in [0.717, 1.165) is 0 Å². The molecule has 0 fully saturated rings. The summed E-state index contributed by atoms with van der Waals surface area (Å²) in [5.74, 6) is 0.409. The van der Waals surface area contributed by atoms with Crippen LogP contribution in [-0.4, -0.2) is 9.91 Å². The highest BCUT2D eigenvalue weighted by Gasteiger charge is 2.13. The van der Waals surface area contributed by atoms with E-state index in [1.54, 1.807) is 0 Å². The van der Waals surface area contributed by atoms with Crippen molar-refractivity contribution in [1.29, 1.82) is 5.26 Å². The molecule has 0 amide bonds. The fraction of sp³-hybridized carbons (Fsp3) is 0. The summed E-state index contributed by atoms with van der Waals surface area (Å²) in [6.45, 7) is 0. The van der Waals surface area contributed by atoms with E-state index < -0.39 is 4.92 Å². The molecule has 0 N–H and O–H groups in total. The summed E-state index contributed by atoms with van der Waals surface area (Å²) in [7, 11) is 0. The van der Waals surface area contributed by atoms with Gasteiger partial charge < -0.3 is 4.42 Å². The Hall–Kier alpha value is -2.68. The van der Waals surface area contributed by atoms with Gasteiger partial charge >= 0.3 is 0 Å². The predicted molar refractivity (Wildman–Crippen MR) is 53.3 cm³/mol. The van der Waals surface area contributed by atoms with Crippen LogP contribution in [0.5, 0.6) is 0 Å². The Morgan fingerprint density at radius 3 is 2.88 bits per heavy atom. The lowest BCUT2D eigenvalue weighted by molar-refractivity contribution is -0.384. The Morgan fingerprint density at radius 2 is 2.31 bits per heavy atom. The molecule has 16 heavy (non-hydrogen) atoms. The molecule has 0 bridgehead atoms. The van der Waals surface area contributed by atoms with Crippen molar-refractivity contribution >= 4 is 5.69 Å². The van der Waals surface area contributed by atoms with Crippen LogP contribution in [0.4, 0.5) is 5.69 Å². The molecule has 1 aromatic heterocycles. The molecule has 6 nitrogen and oxygen atoms in total. The van der Waals surface area contributed by atoms with Crippen molar-refractivity contribution in [3.63, 3.8) is 0 Å². The minimum atomic E-state index is -0.551. The highest BCUT2D eigenvalue weighted by molar-refractivity contribution is 5.67. The van der Waals surface area contributed by atoms with Crippen molar-refractivity contribution in [2.75, 3.05) is 0 Å². The summed E-state index contributed by atoms with van der Waals surface area (Å²) in [5.41, 5.74) is 0.552. The van der Waals surface area contributed by atoms with E-state index in [-0.39, 0.29) is 11.3 Å². The smallest absolute Gasteiger partial charge is 0.270 e. The molecule has 0 atom stereocenters. The van der Waals surface area contributed by atoms with Crippen LogP contribution < -0.4 is 0 Å². The van der Waals surface area contributed by atoms with Gasteiger partial charge in [-0.2, -0.15) is 5.26 Å². The lowest BCUT2D eigenvalue weighted by Crippen LogP contribution is -1.90. The molecule has 2 rings (SSSR count). The lowest BCUT2D eigenvalue weighted by Gasteiger charge is -1.98. The summed E-state index contributed by atoms with van der Waals surface area (Å²) in [4.78, 5) is 13.7. The fourth-order valence-corrected chi connectivity index (χ4v) is 1.30. The Labute approximate surface area is 89.9 Å². The molecule has 0 aliphatic heterocycles. The Bertz CT molecular complexity index is 569. The molecule has 1 aromatic carbocycles. The molecule has 0 saturated carbocycles. The monoisotopic (exact) mass is 215 g/mol. The molecule has 0 spiro atoms. The number of benzene rings is 1. The van der Waals surface area contributed by atoms with Crippen LogP contribution in [0.3, 0.4) is 0 Å². The van der Waals surface area contributed by atoms with Gasteiger partial charge in [-0.15, -0.1) is 0 Å². The van der Waals surface area contributed by atoms with Gasteiger partial charge in [-0.1, -0.05) is 0 Å². The van der Waals surface area contributed by atoms with Crippen molar-refractivity contribution in [2.24, 2.45) is 0 Å². The van der Waals surface area contributed by atoms with Crippen LogP contribution in [0.15, 0.2) is 35.2 Å². The standard InChI is InChI=1S/C10H5N3O3/c11-4-7-3-8(13(14)15)1-2-9(7)10-5-12-6-16-10/h1-3,5-6H. The number of rotatable bonds is 2. The number of hydrogen-bond acceptors (Lipinski definition) is 5. The van der Waals surface area contributed by atoms with Gasteiger partial charge in [-0.05, 0) is 6.07 Å². The molecule has 0 aliphatic rings.